The summed E-state index contributed by atoms with van der Waals surface area (Å²) in [6.07, 6.45) is 3.96. The maximum atomic E-state index is 12.4. The summed E-state index contributed by atoms with van der Waals surface area (Å²) in [5, 5.41) is 5.99. The van der Waals surface area contributed by atoms with E-state index in [4.69, 9.17) is 0 Å². The fourth-order valence-corrected chi connectivity index (χ4v) is 3.90. The first-order valence-corrected chi connectivity index (χ1v) is 10.1. The molecule has 0 bridgehead atoms. The van der Waals surface area contributed by atoms with E-state index in [1.807, 2.05) is 23.7 Å². The van der Waals surface area contributed by atoms with E-state index < -0.39 is 0 Å². The maximum absolute atomic E-state index is 12.4. The molecule has 1 aromatic carbocycles. The minimum absolute atomic E-state index is 0.00522. The van der Waals surface area contributed by atoms with Crippen molar-refractivity contribution >= 4 is 17.2 Å². The van der Waals surface area contributed by atoms with Gasteiger partial charge in [0.15, 0.2) is 0 Å². The van der Waals surface area contributed by atoms with E-state index >= 15 is 0 Å². The normalized spacial score (nSPS) is 12.1. The molecule has 5 heteroatoms. The van der Waals surface area contributed by atoms with E-state index in [0.29, 0.717) is 18.9 Å². The van der Waals surface area contributed by atoms with E-state index in [1.165, 1.54) is 5.56 Å². The van der Waals surface area contributed by atoms with Crippen LogP contribution in [0.15, 0.2) is 54.2 Å². The Kier molecular flexibility index (Phi) is 6.35. The summed E-state index contributed by atoms with van der Waals surface area (Å²) in [5.41, 5.74) is 4.28. The second-order valence-corrected chi connectivity index (χ2v) is 7.99. The Morgan fingerprint density at radius 3 is 2.78 bits per heavy atom. The van der Waals surface area contributed by atoms with Crippen molar-refractivity contribution in [3.05, 3.63) is 71.0 Å². The molecule has 1 amide bonds. The van der Waals surface area contributed by atoms with Gasteiger partial charge in [0.2, 0.25) is 5.91 Å². The molecule has 0 spiro atoms. The van der Waals surface area contributed by atoms with Gasteiger partial charge in [0, 0.05) is 35.8 Å². The largest absolute Gasteiger partial charge is 0.355 e. The number of pyridine rings is 1. The van der Waals surface area contributed by atoms with E-state index in [9.17, 15) is 4.79 Å². The number of benzene rings is 1. The van der Waals surface area contributed by atoms with Crippen LogP contribution < -0.4 is 5.32 Å². The molecule has 0 radical (unpaired) electrons. The van der Waals surface area contributed by atoms with Crippen molar-refractivity contribution in [2.24, 2.45) is 5.92 Å². The Hall–Kier alpha value is -2.53. The van der Waals surface area contributed by atoms with Crippen LogP contribution in [0.1, 0.15) is 36.6 Å². The number of aromatic nitrogens is 2. The first-order chi connectivity index (χ1) is 13.0. The average molecular weight is 380 g/mol. The summed E-state index contributed by atoms with van der Waals surface area (Å²) in [4.78, 5) is 21.2. The lowest BCUT2D eigenvalue weighted by molar-refractivity contribution is -0.120. The zero-order chi connectivity index (χ0) is 19.2. The predicted octanol–water partition coefficient (Wildman–Crippen LogP) is 4.61. The van der Waals surface area contributed by atoms with E-state index in [0.717, 1.165) is 21.8 Å². The first-order valence-electron chi connectivity index (χ1n) is 9.21. The number of thiazole rings is 1. The smallest absolute Gasteiger partial charge is 0.226 e. The molecule has 0 unspecified atom stereocenters. The maximum Gasteiger partial charge on any atom is 0.226 e. The molecule has 3 aromatic rings. The molecule has 0 fully saturated rings. The van der Waals surface area contributed by atoms with Crippen LogP contribution in [0.25, 0.3) is 10.6 Å². The van der Waals surface area contributed by atoms with Gasteiger partial charge in [-0.05, 0) is 30.5 Å². The number of aryl methyl sites for hydroxylation is 1. The molecule has 140 valence electrons. The lowest BCUT2D eigenvalue weighted by Crippen LogP contribution is -2.31. The molecule has 2 aromatic heterocycles. The highest BCUT2D eigenvalue weighted by atomic mass is 32.1. The molecule has 0 aliphatic heterocycles. The molecular weight excluding hydrogens is 354 g/mol. The topological polar surface area (TPSA) is 54.9 Å². The van der Waals surface area contributed by atoms with Gasteiger partial charge in [-0.25, -0.2) is 4.98 Å². The Morgan fingerprint density at radius 2 is 2.07 bits per heavy atom. The SMILES string of the molecule is Cc1cccc(-c2nc(CC(=O)NC[C@H](c3cccnc3)C(C)C)cs2)c1. The molecule has 0 saturated heterocycles. The van der Waals surface area contributed by atoms with Crippen LogP contribution in [0.2, 0.25) is 0 Å². The van der Waals surface area contributed by atoms with Crippen LogP contribution in [0.4, 0.5) is 0 Å². The molecule has 0 aliphatic rings. The monoisotopic (exact) mass is 379 g/mol. The van der Waals surface area contributed by atoms with Crippen molar-refractivity contribution in [1.29, 1.82) is 0 Å². The molecule has 27 heavy (non-hydrogen) atoms. The Labute approximate surface area is 164 Å². The summed E-state index contributed by atoms with van der Waals surface area (Å²) in [6, 6.07) is 12.3. The standard InChI is InChI=1S/C22H25N3OS/c1-15(2)20(18-8-5-9-23-12-18)13-24-21(26)11-19-14-27-22(25-19)17-7-4-6-16(3)10-17/h4-10,12,14-15,20H,11,13H2,1-3H3,(H,24,26)/t20-/m0/s1. The second kappa shape index (κ2) is 8.91. The quantitative estimate of drug-likeness (QED) is 0.652. The molecule has 3 rings (SSSR count). The van der Waals surface area contributed by atoms with Crippen molar-refractivity contribution in [3.63, 3.8) is 0 Å². The highest BCUT2D eigenvalue weighted by Gasteiger charge is 2.17. The summed E-state index contributed by atoms with van der Waals surface area (Å²) in [5.74, 6) is 0.674. The van der Waals surface area contributed by atoms with Crippen LogP contribution >= 0.6 is 11.3 Å². The Bertz CT molecular complexity index is 889. The number of nitrogens with one attached hydrogen (secondary N) is 1. The van der Waals surface area contributed by atoms with Crippen molar-refractivity contribution in [1.82, 2.24) is 15.3 Å². The van der Waals surface area contributed by atoms with Crippen molar-refractivity contribution in [2.75, 3.05) is 6.54 Å². The van der Waals surface area contributed by atoms with Gasteiger partial charge in [-0.3, -0.25) is 9.78 Å². The molecular formula is C22H25N3OS. The number of hydrogen-bond donors (Lipinski definition) is 1. The zero-order valence-electron chi connectivity index (χ0n) is 16.0. The molecule has 0 saturated carbocycles. The van der Waals surface area contributed by atoms with Crippen LogP contribution in [0.3, 0.4) is 0 Å². The third-order valence-electron chi connectivity index (χ3n) is 4.59. The Balaban J connectivity index is 1.59. The van der Waals surface area contributed by atoms with Crippen molar-refractivity contribution < 1.29 is 4.79 Å². The van der Waals surface area contributed by atoms with Gasteiger partial charge in [0.05, 0.1) is 12.1 Å². The fourth-order valence-electron chi connectivity index (χ4n) is 3.08. The van der Waals surface area contributed by atoms with Gasteiger partial charge >= 0.3 is 0 Å². The minimum Gasteiger partial charge on any atom is -0.355 e. The molecule has 1 atom stereocenters. The molecule has 4 nitrogen and oxygen atoms in total. The predicted molar refractivity (Wildman–Crippen MR) is 111 cm³/mol. The van der Waals surface area contributed by atoms with Gasteiger partial charge in [-0.2, -0.15) is 0 Å². The third kappa shape index (κ3) is 5.23. The van der Waals surface area contributed by atoms with Gasteiger partial charge in [-0.15, -0.1) is 11.3 Å². The van der Waals surface area contributed by atoms with E-state index in [2.05, 4.69) is 60.3 Å². The van der Waals surface area contributed by atoms with Gasteiger partial charge in [0.1, 0.15) is 5.01 Å². The lowest BCUT2D eigenvalue weighted by atomic mass is 9.89. The number of carbonyl (C=O) groups is 1. The lowest BCUT2D eigenvalue weighted by Gasteiger charge is -2.21. The fraction of sp³-hybridized carbons (Fsp3) is 0.318. The van der Waals surface area contributed by atoms with Gasteiger partial charge in [0.25, 0.3) is 0 Å². The van der Waals surface area contributed by atoms with Crippen LogP contribution in [0.5, 0.6) is 0 Å². The average Bonchev–Trinajstić information content (AvgIpc) is 3.11. The minimum atomic E-state index is 0.00522. The molecule has 0 aliphatic carbocycles. The molecule has 2 heterocycles. The zero-order valence-corrected chi connectivity index (χ0v) is 16.8. The van der Waals surface area contributed by atoms with Crippen LogP contribution in [0, 0.1) is 12.8 Å². The van der Waals surface area contributed by atoms with E-state index in [1.54, 1.807) is 17.5 Å². The third-order valence-corrected chi connectivity index (χ3v) is 5.54. The van der Waals surface area contributed by atoms with Gasteiger partial charge < -0.3 is 5.32 Å². The van der Waals surface area contributed by atoms with E-state index in [-0.39, 0.29) is 11.8 Å². The van der Waals surface area contributed by atoms with Crippen LogP contribution in [-0.2, 0) is 11.2 Å². The van der Waals surface area contributed by atoms with Crippen molar-refractivity contribution in [3.8, 4) is 10.6 Å². The molecule has 1 N–H and O–H groups in total. The highest BCUT2D eigenvalue weighted by molar-refractivity contribution is 7.13. The van der Waals surface area contributed by atoms with Gasteiger partial charge in [-0.1, -0.05) is 43.7 Å². The Morgan fingerprint density at radius 1 is 1.22 bits per heavy atom. The number of nitrogens with zero attached hydrogens (tertiary/aromatic N) is 2. The summed E-state index contributed by atoms with van der Waals surface area (Å²) < 4.78 is 0. The second-order valence-electron chi connectivity index (χ2n) is 7.13. The summed E-state index contributed by atoms with van der Waals surface area (Å²) >= 11 is 1.58. The first kappa shape index (κ1) is 19.2. The number of hydrogen-bond acceptors (Lipinski definition) is 4. The van der Waals surface area contributed by atoms with Crippen molar-refractivity contribution in [2.45, 2.75) is 33.1 Å². The summed E-state index contributed by atoms with van der Waals surface area (Å²) in [7, 11) is 0. The van der Waals surface area contributed by atoms with Crippen LogP contribution in [-0.4, -0.2) is 22.4 Å². The number of rotatable bonds is 7. The number of carbonyl (C=O) groups excluding carboxylic acids is 1. The highest BCUT2D eigenvalue weighted by Crippen LogP contribution is 2.25. The number of amides is 1. The summed E-state index contributed by atoms with van der Waals surface area (Å²) in [6.45, 7) is 7.01.